The number of halogens is 1. The van der Waals surface area contributed by atoms with E-state index in [2.05, 4.69) is 21.2 Å². The van der Waals surface area contributed by atoms with Crippen LogP contribution in [0.4, 0.5) is 0 Å². The highest BCUT2D eigenvalue weighted by Crippen LogP contribution is 2.26. The number of rotatable bonds is 5. The molecule has 0 aromatic carbocycles. The van der Waals surface area contributed by atoms with E-state index in [0.29, 0.717) is 6.54 Å². The van der Waals surface area contributed by atoms with Gasteiger partial charge in [-0.25, -0.2) is 13.6 Å². The summed E-state index contributed by atoms with van der Waals surface area (Å²) in [5, 5.41) is 7.99. The van der Waals surface area contributed by atoms with Crippen LogP contribution in [-0.4, -0.2) is 20.7 Å². The number of nitrogens with one attached hydrogen (secondary N) is 1. The molecule has 0 aliphatic heterocycles. The van der Waals surface area contributed by atoms with E-state index in [-0.39, 0.29) is 11.8 Å². The molecule has 1 aromatic rings. The first kappa shape index (κ1) is 13.1. The zero-order valence-electron chi connectivity index (χ0n) is 8.23. The third-order valence-corrected chi connectivity index (χ3v) is 4.44. The van der Waals surface area contributed by atoms with Crippen molar-refractivity contribution in [1.29, 1.82) is 0 Å². The summed E-state index contributed by atoms with van der Waals surface area (Å²) in [7, 11) is -3.37. The monoisotopic (exact) mass is 312 g/mol. The minimum atomic E-state index is -3.37. The van der Waals surface area contributed by atoms with Gasteiger partial charge in [0.15, 0.2) is 0 Å². The van der Waals surface area contributed by atoms with Gasteiger partial charge in [-0.2, -0.15) is 0 Å². The molecule has 1 rings (SSSR count). The number of primary sulfonamides is 1. The van der Waals surface area contributed by atoms with Gasteiger partial charge in [0.05, 0.1) is 9.54 Å². The predicted molar refractivity (Wildman–Crippen MR) is 66.4 cm³/mol. The molecule has 0 aliphatic rings. The molecule has 0 saturated heterocycles. The first-order valence-electron chi connectivity index (χ1n) is 4.37. The molecule has 0 spiro atoms. The Hall–Kier alpha value is 0.0500. The van der Waals surface area contributed by atoms with Crippen molar-refractivity contribution in [1.82, 2.24) is 5.32 Å². The molecule has 86 valence electrons. The summed E-state index contributed by atoms with van der Waals surface area (Å²) in [5.74, 6) is -0.0378. The third-order valence-electron chi connectivity index (χ3n) is 1.86. The molecule has 0 amide bonds. The van der Waals surface area contributed by atoms with Gasteiger partial charge in [-0.1, -0.05) is 0 Å². The molecule has 4 nitrogen and oxygen atoms in total. The molecule has 0 radical (unpaired) electrons. The molecule has 3 N–H and O–H groups in total. The van der Waals surface area contributed by atoms with Crippen molar-refractivity contribution in [2.24, 2.45) is 5.14 Å². The van der Waals surface area contributed by atoms with Gasteiger partial charge in [0, 0.05) is 17.5 Å². The van der Waals surface area contributed by atoms with Crippen LogP contribution in [0.5, 0.6) is 0 Å². The lowest BCUT2D eigenvalue weighted by molar-refractivity contribution is 0.577. The van der Waals surface area contributed by atoms with Crippen molar-refractivity contribution in [2.75, 3.05) is 12.3 Å². The van der Waals surface area contributed by atoms with Crippen LogP contribution in [0.2, 0.25) is 0 Å². The van der Waals surface area contributed by atoms with Gasteiger partial charge in [-0.3, -0.25) is 0 Å². The molecular formula is C8H13BrN2O2S2. The van der Waals surface area contributed by atoms with Crippen LogP contribution in [0.15, 0.2) is 15.9 Å². The summed E-state index contributed by atoms with van der Waals surface area (Å²) in [4.78, 5) is 1.16. The van der Waals surface area contributed by atoms with Crippen molar-refractivity contribution < 1.29 is 8.42 Å². The number of sulfonamides is 1. The molecule has 0 saturated carbocycles. The first-order valence-corrected chi connectivity index (χ1v) is 7.70. The molecule has 1 unspecified atom stereocenters. The Morgan fingerprint density at radius 1 is 1.60 bits per heavy atom. The molecule has 15 heavy (non-hydrogen) atoms. The Morgan fingerprint density at radius 3 is 2.73 bits per heavy atom. The normalized spacial score (nSPS) is 14.1. The second kappa shape index (κ2) is 5.40. The predicted octanol–water partition coefficient (Wildman–Crippen LogP) is 1.45. The average molecular weight is 313 g/mol. The van der Waals surface area contributed by atoms with Gasteiger partial charge in [0.25, 0.3) is 0 Å². The van der Waals surface area contributed by atoms with Crippen LogP contribution in [-0.2, 0) is 10.0 Å². The Morgan fingerprint density at radius 2 is 2.27 bits per heavy atom. The van der Waals surface area contributed by atoms with E-state index in [1.165, 1.54) is 0 Å². The van der Waals surface area contributed by atoms with Crippen molar-refractivity contribution in [3.8, 4) is 0 Å². The standard InChI is InChI=1S/C8H13BrN2O2S2/c1-6(7-2-3-8(9)14-7)11-4-5-15(10,12)13/h2-3,6,11H,4-5H2,1H3,(H2,10,12,13). The lowest BCUT2D eigenvalue weighted by Gasteiger charge is -2.10. The molecule has 0 aliphatic carbocycles. The summed E-state index contributed by atoms with van der Waals surface area (Å²) < 4.78 is 22.4. The number of nitrogens with two attached hydrogens (primary N) is 1. The van der Waals surface area contributed by atoms with Crippen molar-refractivity contribution >= 4 is 37.3 Å². The highest BCUT2D eigenvalue weighted by atomic mass is 79.9. The molecular weight excluding hydrogens is 300 g/mol. The highest BCUT2D eigenvalue weighted by molar-refractivity contribution is 9.11. The first-order chi connectivity index (χ1) is 6.88. The second-order valence-corrected chi connectivity index (χ2v) is 7.41. The number of hydrogen-bond acceptors (Lipinski definition) is 4. The largest absolute Gasteiger partial charge is 0.308 e. The maximum Gasteiger partial charge on any atom is 0.210 e. The Kier molecular flexibility index (Phi) is 4.72. The van der Waals surface area contributed by atoms with Gasteiger partial charge in [-0.05, 0) is 35.0 Å². The van der Waals surface area contributed by atoms with Crippen molar-refractivity contribution in [2.45, 2.75) is 13.0 Å². The third kappa shape index (κ3) is 5.07. The van der Waals surface area contributed by atoms with Gasteiger partial charge in [0.1, 0.15) is 0 Å². The van der Waals surface area contributed by atoms with Gasteiger partial charge in [0.2, 0.25) is 10.0 Å². The minimum absolute atomic E-state index is 0.0378. The second-order valence-electron chi connectivity index (χ2n) is 3.18. The van der Waals surface area contributed by atoms with Crippen LogP contribution in [0, 0.1) is 0 Å². The SMILES string of the molecule is CC(NCCS(N)(=O)=O)c1ccc(Br)s1. The van der Waals surface area contributed by atoms with Crippen molar-refractivity contribution in [3.05, 3.63) is 20.8 Å². The van der Waals surface area contributed by atoms with E-state index in [9.17, 15) is 8.42 Å². The molecule has 0 bridgehead atoms. The van der Waals surface area contributed by atoms with Crippen LogP contribution < -0.4 is 10.5 Å². The lowest BCUT2D eigenvalue weighted by atomic mass is 10.3. The Labute approximate surface area is 102 Å². The van der Waals surface area contributed by atoms with Crippen LogP contribution in [0.25, 0.3) is 0 Å². The van der Waals surface area contributed by atoms with Crippen LogP contribution >= 0.6 is 27.3 Å². The van der Waals surface area contributed by atoms with E-state index in [0.717, 1.165) is 8.66 Å². The fourth-order valence-corrected chi connectivity index (χ4v) is 2.93. The van der Waals surface area contributed by atoms with E-state index in [1.807, 2.05) is 19.1 Å². The summed E-state index contributed by atoms with van der Waals surface area (Å²) in [6, 6.07) is 4.12. The maximum absolute atomic E-state index is 10.7. The molecule has 1 heterocycles. The highest BCUT2D eigenvalue weighted by Gasteiger charge is 2.08. The topological polar surface area (TPSA) is 72.2 Å². The molecule has 1 atom stereocenters. The number of thiophene rings is 1. The lowest BCUT2D eigenvalue weighted by Crippen LogP contribution is -2.28. The zero-order chi connectivity index (χ0) is 11.5. The van der Waals surface area contributed by atoms with Crippen LogP contribution in [0.3, 0.4) is 0 Å². The quantitative estimate of drug-likeness (QED) is 0.864. The van der Waals surface area contributed by atoms with E-state index < -0.39 is 10.0 Å². The maximum atomic E-state index is 10.7. The van der Waals surface area contributed by atoms with Gasteiger partial charge < -0.3 is 5.32 Å². The van der Waals surface area contributed by atoms with Gasteiger partial charge >= 0.3 is 0 Å². The summed E-state index contributed by atoms with van der Waals surface area (Å²) in [6.45, 7) is 2.36. The summed E-state index contributed by atoms with van der Waals surface area (Å²) >= 11 is 5.00. The Balaban J connectivity index is 2.40. The fourth-order valence-electron chi connectivity index (χ4n) is 1.08. The Bertz CT molecular complexity index is 416. The zero-order valence-corrected chi connectivity index (χ0v) is 11.5. The number of hydrogen-bond donors (Lipinski definition) is 2. The fraction of sp³-hybridized carbons (Fsp3) is 0.500. The average Bonchev–Trinajstić information content (AvgIpc) is 2.49. The van der Waals surface area contributed by atoms with E-state index >= 15 is 0 Å². The van der Waals surface area contributed by atoms with Crippen molar-refractivity contribution in [3.63, 3.8) is 0 Å². The molecule has 0 fully saturated rings. The minimum Gasteiger partial charge on any atom is -0.308 e. The van der Waals surface area contributed by atoms with Crippen LogP contribution in [0.1, 0.15) is 17.8 Å². The molecule has 1 aromatic heterocycles. The summed E-state index contributed by atoms with van der Waals surface area (Å²) in [6.07, 6.45) is 0. The molecule has 7 heteroatoms. The van der Waals surface area contributed by atoms with Gasteiger partial charge in [-0.15, -0.1) is 11.3 Å². The summed E-state index contributed by atoms with van der Waals surface area (Å²) in [5.41, 5.74) is 0. The van der Waals surface area contributed by atoms with E-state index in [4.69, 9.17) is 5.14 Å². The smallest absolute Gasteiger partial charge is 0.210 e. The van der Waals surface area contributed by atoms with E-state index in [1.54, 1.807) is 11.3 Å².